The van der Waals surface area contributed by atoms with Crippen molar-refractivity contribution in [2.24, 2.45) is 5.92 Å². The molecule has 2 heterocycles. The van der Waals surface area contributed by atoms with Crippen LogP contribution in [0.3, 0.4) is 0 Å². The molecule has 1 amide bonds. The summed E-state index contributed by atoms with van der Waals surface area (Å²) in [5, 5.41) is 16.5. The number of benzene rings is 1. The van der Waals surface area contributed by atoms with E-state index in [1.54, 1.807) is 0 Å². The molecule has 5 nitrogen and oxygen atoms in total. The maximum atomic E-state index is 12.0. The third kappa shape index (κ3) is 4.99. The second kappa shape index (κ2) is 7.86. The molecule has 0 saturated carbocycles. The van der Waals surface area contributed by atoms with Crippen molar-refractivity contribution >= 4 is 34.0 Å². The van der Waals surface area contributed by atoms with E-state index in [0.29, 0.717) is 28.9 Å². The number of rotatable bonds is 6. The first-order chi connectivity index (χ1) is 11.2. The van der Waals surface area contributed by atoms with Crippen molar-refractivity contribution in [2.75, 3.05) is 18.4 Å². The fourth-order valence-electron chi connectivity index (χ4n) is 2.67. The fourth-order valence-corrected chi connectivity index (χ4v) is 3.68. The second-order valence-electron chi connectivity index (χ2n) is 5.75. The van der Waals surface area contributed by atoms with Gasteiger partial charge in [0, 0.05) is 17.9 Å². The average molecular weight is 351 g/mol. The van der Waals surface area contributed by atoms with E-state index in [1.807, 2.05) is 24.3 Å². The molecule has 23 heavy (non-hydrogen) atoms. The zero-order valence-electron chi connectivity index (χ0n) is 12.7. The Balaban J connectivity index is 1.49. The van der Waals surface area contributed by atoms with Crippen LogP contribution >= 0.6 is 22.9 Å². The van der Waals surface area contributed by atoms with Gasteiger partial charge in [-0.05, 0) is 49.5 Å². The van der Waals surface area contributed by atoms with Gasteiger partial charge in [-0.2, -0.15) is 0 Å². The molecule has 1 aromatic carbocycles. The number of aromatic nitrogens is 2. The maximum absolute atomic E-state index is 12.0. The Hall–Kier alpha value is -1.50. The highest BCUT2D eigenvalue weighted by atomic mass is 35.5. The number of nitrogens with zero attached hydrogens (tertiary/aromatic N) is 2. The molecule has 1 aromatic heterocycles. The van der Waals surface area contributed by atoms with E-state index in [4.69, 9.17) is 11.6 Å². The van der Waals surface area contributed by atoms with Gasteiger partial charge >= 0.3 is 0 Å². The highest BCUT2D eigenvalue weighted by molar-refractivity contribution is 7.15. The summed E-state index contributed by atoms with van der Waals surface area (Å²) in [5.74, 6) is 0.635. The van der Waals surface area contributed by atoms with Crippen molar-refractivity contribution in [1.29, 1.82) is 0 Å². The molecule has 0 bridgehead atoms. The van der Waals surface area contributed by atoms with Crippen LogP contribution < -0.4 is 10.6 Å². The minimum atomic E-state index is 0.0161. The highest BCUT2D eigenvalue weighted by Crippen LogP contribution is 2.21. The molecule has 2 N–H and O–H groups in total. The monoisotopic (exact) mass is 350 g/mol. The van der Waals surface area contributed by atoms with Crippen LogP contribution in [0.15, 0.2) is 24.3 Å². The van der Waals surface area contributed by atoms with Crippen molar-refractivity contribution in [3.63, 3.8) is 0 Å². The van der Waals surface area contributed by atoms with Gasteiger partial charge in [-0.25, -0.2) is 0 Å². The predicted octanol–water partition coefficient (Wildman–Crippen LogP) is 3.11. The van der Waals surface area contributed by atoms with Crippen LogP contribution in [0.1, 0.15) is 29.8 Å². The lowest BCUT2D eigenvalue weighted by molar-refractivity contribution is -0.116. The number of amides is 1. The Morgan fingerprint density at radius 3 is 3.13 bits per heavy atom. The molecule has 1 saturated heterocycles. The largest absolute Gasteiger partial charge is 0.316 e. The van der Waals surface area contributed by atoms with Crippen LogP contribution in [0.2, 0.25) is 5.02 Å². The molecule has 0 radical (unpaired) electrons. The van der Waals surface area contributed by atoms with E-state index in [0.717, 1.165) is 36.5 Å². The van der Waals surface area contributed by atoms with E-state index in [9.17, 15) is 4.79 Å². The Labute approximate surface area is 144 Å². The van der Waals surface area contributed by atoms with Crippen molar-refractivity contribution in [1.82, 2.24) is 15.5 Å². The number of hydrogen-bond acceptors (Lipinski definition) is 5. The second-order valence-corrected chi connectivity index (χ2v) is 7.25. The summed E-state index contributed by atoms with van der Waals surface area (Å²) in [4.78, 5) is 12.0. The fraction of sp³-hybridized carbons (Fsp3) is 0.438. The molecule has 3 rings (SSSR count). The average Bonchev–Trinajstić information content (AvgIpc) is 3.17. The minimum Gasteiger partial charge on any atom is -0.316 e. The molecule has 7 heteroatoms. The molecule has 2 aromatic rings. The summed E-state index contributed by atoms with van der Waals surface area (Å²) in [6.45, 7) is 2.09. The zero-order chi connectivity index (χ0) is 16.1. The molecule has 0 aliphatic carbocycles. The summed E-state index contributed by atoms with van der Waals surface area (Å²) >= 11 is 7.39. The van der Waals surface area contributed by atoms with E-state index >= 15 is 0 Å². The molecular weight excluding hydrogens is 332 g/mol. The number of carbonyl (C=O) groups is 1. The smallest absolute Gasteiger partial charge is 0.226 e. The number of nitrogens with one attached hydrogen (secondary N) is 2. The molecule has 0 spiro atoms. The Morgan fingerprint density at radius 1 is 1.43 bits per heavy atom. The lowest BCUT2D eigenvalue weighted by atomic mass is 10.0. The molecule has 1 atom stereocenters. The van der Waals surface area contributed by atoms with Crippen molar-refractivity contribution in [2.45, 2.75) is 25.7 Å². The lowest BCUT2D eigenvalue weighted by Gasteiger charge is -2.06. The summed E-state index contributed by atoms with van der Waals surface area (Å²) in [7, 11) is 0. The normalized spacial score (nSPS) is 17.3. The van der Waals surface area contributed by atoms with E-state index in [-0.39, 0.29) is 5.91 Å². The van der Waals surface area contributed by atoms with Crippen LogP contribution in [-0.2, 0) is 11.2 Å². The molecule has 1 aliphatic heterocycles. The van der Waals surface area contributed by atoms with Gasteiger partial charge in [0.15, 0.2) is 0 Å². The number of carbonyl (C=O) groups excluding carboxylic acids is 1. The van der Waals surface area contributed by atoms with Crippen molar-refractivity contribution in [3.05, 3.63) is 39.9 Å². The Bertz CT molecular complexity index is 670. The summed E-state index contributed by atoms with van der Waals surface area (Å²) in [6, 6.07) is 7.67. The third-order valence-corrected chi connectivity index (χ3v) is 4.97. The summed E-state index contributed by atoms with van der Waals surface area (Å²) < 4.78 is 0. The number of anilines is 1. The number of hydrogen-bond donors (Lipinski definition) is 2. The van der Waals surface area contributed by atoms with Crippen LogP contribution in [0.25, 0.3) is 0 Å². The molecule has 1 aliphatic rings. The van der Waals surface area contributed by atoms with Crippen molar-refractivity contribution in [3.8, 4) is 0 Å². The SMILES string of the molecule is O=C(CCC1CCNC1)Nc1nnc(Cc2cccc(Cl)c2)s1. The Kier molecular flexibility index (Phi) is 5.59. The van der Waals surface area contributed by atoms with Gasteiger partial charge in [0.25, 0.3) is 0 Å². The van der Waals surface area contributed by atoms with E-state index in [2.05, 4.69) is 20.8 Å². The van der Waals surface area contributed by atoms with Gasteiger partial charge < -0.3 is 10.6 Å². The standard InChI is InChI=1S/C16H19ClN4OS/c17-13-3-1-2-12(8-13)9-15-20-21-16(23-15)19-14(22)5-4-11-6-7-18-10-11/h1-3,8,11,18H,4-7,9-10H2,(H,19,21,22). The van der Waals surface area contributed by atoms with Gasteiger partial charge in [-0.1, -0.05) is 35.1 Å². The molecular formula is C16H19ClN4OS. The number of halogens is 1. The first kappa shape index (κ1) is 16.4. The quantitative estimate of drug-likeness (QED) is 0.840. The van der Waals surface area contributed by atoms with Gasteiger partial charge in [-0.15, -0.1) is 10.2 Å². The van der Waals surface area contributed by atoms with Gasteiger partial charge in [0.1, 0.15) is 5.01 Å². The van der Waals surface area contributed by atoms with Gasteiger partial charge in [0.05, 0.1) is 0 Å². The third-order valence-electron chi connectivity index (χ3n) is 3.90. The predicted molar refractivity (Wildman–Crippen MR) is 93.0 cm³/mol. The van der Waals surface area contributed by atoms with E-state index in [1.165, 1.54) is 11.3 Å². The highest BCUT2D eigenvalue weighted by Gasteiger charge is 2.16. The van der Waals surface area contributed by atoms with Crippen LogP contribution in [0, 0.1) is 5.92 Å². The maximum Gasteiger partial charge on any atom is 0.226 e. The topological polar surface area (TPSA) is 66.9 Å². The van der Waals surface area contributed by atoms with Crippen LogP contribution in [0.5, 0.6) is 0 Å². The van der Waals surface area contributed by atoms with Crippen LogP contribution in [-0.4, -0.2) is 29.2 Å². The van der Waals surface area contributed by atoms with Gasteiger partial charge in [0.2, 0.25) is 11.0 Å². The van der Waals surface area contributed by atoms with E-state index < -0.39 is 0 Å². The molecule has 1 unspecified atom stereocenters. The van der Waals surface area contributed by atoms with Crippen LogP contribution in [0.4, 0.5) is 5.13 Å². The van der Waals surface area contributed by atoms with Gasteiger partial charge in [-0.3, -0.25) is 4.79 Å². The summed E-state index contributed by atoms with van der Waals surface area (Å²) in [5.41, 5.74) is 1.08. The Morgan fingerprint density at radius 2 is 2.35 bits per heavy atom. The minimum absolute atomic E-state index is 0.0161. The first-order valence-electron chi connectivity index (χ1n) is 7.76. The molecule has 122 valence electrons. The van der Waals surface area contributed by atoms with Crippen molar-refractivity contribution < 1.29 is 4.79 Å². The summed E-state index contributed by atoms with van der Waals surface area (Å²) in [6.07, 6.45) is 3.29. The first-order valence-corrected chi connectivity index (χ1v) is 8.96. The lowest BCUT2D eigenvalue weighted by Crippen LogP contribution is -2.14. The molecule has 1 fully saturated rings. The zero-order valence-corrected chi connectivity index (χ0v) is 14.3.